The predicted molar refractivity (Wildman–Crippen MR) is 88.8 cm³/mol. The van der Waals surface area contributed by atoms with Crippen LogP contribution in [0.5, 0.6) is 0 Å². The molecule has 4 unspecified atom stereocenters. The maximum atomic E-state index is 11.4. The van der Waals surface area contributed by atoms with E-state index in [1.54, 1.807) is 0 Å². The third-order valence-corrected chi connectivity index (χ3v) is 6.46. The lowest BCUT2D eigenvalue weighted by Gasteiger charge is -2.24. The first-order chi connectivity index (χ1) is 10.1. The van der Waals surface area contributed by atoms with Gasteiger partial charge in [-0.2, -0.15) is 0 Å². The minimum Gasteiger partial charge on any atom is -0.306 e. The van der Waals surface area contributed by atoms with Crippen molar-refractivity contribution in [3.8, 4) is 0 Å². The fourth-order valence-corrected chi connectivity index (χ4v) is 5.53. The Balaban J connectivity index is 1.59. The minimum atomic E-state index is -0.173. The number of fused-ring (bicyclic) bond motifs is 3. The summed E-state index contributed by atoms with van der Waals surface area (Å²) < 4.78 is 0.980. The number of aromatic nitrogens is 2. The van der Waals surface area contributed by atoms with Gasteiger partial charge in [-0.15, -0.1) is 11.6 Å². The molecule has 0 aliphatic heterocycles. The van der Waals surface area contributed by atoms with E-state index in [1.165, 1.54) is 25.7 Å². The first-order valence-corrected chi connectivity index (χ1v) is 8.88. The fraction of sp³-hybridized carbons (Fsp3) is 0.562. The molecule has 21 heavy (non-hydrogen) atoms. The van der Waals surface area contributed by atoms with Gasteiger partial charge in [0.05, 0.1) is 16.4 Å². The first-order valence-electron chi connectivity index (χ1n) is 7.65. The molecule has 2 bridgehead atoms. The van der Waals surface area contributed by atoms with Gasteiger partial charge in [-0.3, -0.25) is 0 Å². The summed E-state index contributed by atoms with van der Waals surface area (Å²) in [5.41, 5.74) is 2.56. The second kappa shape index (κ2) is 5.17. The Kier molecular flexibility index (Phi) is 3.42. The first kappa shape index (κ1) is 13.9. The van der Waals surface area contributed by atoms with E-state index in [4.69, 9.17) is 11.6 Å². The molecule has 2 aromatic rings. The standard InChI is InChI=1S/C16H18BrClN2O/c17-12-7-15-14(19-16(21)20-15)6-11(12)13(18)5-10-4-8-1-2-9(10)3-8/h6-10,13H,1-5H2,(H2,19,20,21). The van der Waals surface area contributed by atoms with Crippen molar-refractivity contribution >= 4 is 38.6 Å². The van der Waals surface area contributed by atoms with Gasteiger partial charge in [0.25, 0.3) is 0 Å². The third-order valence-electron chi connectivity index (χ3n) is 5.36. The monoisotopic (exact) mass is 368 g/mol. The number of rotatable bonds is 3. The molecule has 1 heterocycles. The van der Waals surface area contributed by atoms with Gasteiger partial charge in [0, 0.05) is 4.47 Å². The second-order valence-corrected chi connectivity index (χ2v) is 8.02. The molecule has 2 aliphatic rings. The topological polar surface area (TPSA) is 48.6 Å². The van der Waals surface area contributed by atoms with Crippen molar-refractivity contribution < 1.29 is 0 Å². The van der Waals surface area contributed by atoms with Crippen LogP contribution in [-0.4, -0.2) is 9.97 Å². The summed E-state index contributed by atoms with van der Waals surface area (Å²) in [6, 6.07) is 3.95. The Bertz CT molecular complexity index is 737. The lowest BCUT2D eigenvalue weighted by molar-refractivity contribution is 0.311. The Labute approximate surface area is 136 Å². The smallest absolute Gasteiger partial charge is 0.306 e. The largest absolute Gasteiger partial charge is 0.323 e. The van der Waals surface area contributed by atoms with Crippen molar-refractivity contribution in [2.75, 3.05) is 0 Å². The van der Waals surface area contributed by atoms with Crippen LogP contribution in [0.3, 0.4) is 0 Å². The van der Waals surface area contributed by atoms with Gasteiger partial charge in [0.2, 0.25) is 0 Å². The molecule has 0 amide bonds. The molecule has 4 rings (SSSR count). The van der Waals surface area contributed by atoms with E-state index in [2.05, 4.69) is 25.9 Å². The Morgan fingerprint density at radius 2 is 2.00 bits per heavy atom. The van der Waals surface area contributed by atoms with Crippen molar-refractivity contribution in [2.45, 2.75) is 37.5 Å². The highest BCUT2D eigenvalue weighted by Crippen LogP contribution is 2.52. The summed E-state index contributed by atoms with van der Waals surface area (Å²) in [7, 11) is 0. The normalized spacial score (nSPS) is 29.3. The summed E-state index contributed by atoms with van der Waals surface area (Å²) in [6.07, 6.45) is 6.63. The van der Waals surface area contributed by atoms with Crippen LogP contribution >= 0.6 is 27.5 Å². The van der Waals surface area contributed by atoms with Crippen LogP contribution in [0.25, 0.3) is 11.0 Å². The Morgan fingerprint density at radius 1 is 1.24 bits per heavy atom. The second-order valence-electron chi connectivity index (χ2n) is 6.64. The van der Waals surface area contributed by atoms with Gasteiger partial charge >= 0.3 is 5.69 Å². The average molecular weight is 370 g/mol. The van der Waals surface area contributed by atoms with Crippen molar-refractivity contribution in [3.63, 3.8) is 0 Å². The Morgan fingerprint density at radius 3 is 2.67 bits per heavy atom. The van der Waals surface area contributed by atoms with Gasteiger partial charge in [-0.1, -0.05) is 22.4 Å². The van der Waals surface area contributed by atoms with Crippen LogP contribution in [-0.2, 0) is 0 Å². The number of imidazole rings is 1. The molecule has 4 atom stereocenters. The van der Waals surface area contributed by atoms with Crippen molar-refractivity contribution in [1.29, 1.82) is 0 Å². The molecule has 2 N–H and O–H groups in total. The molecule has 3 nitrogen and oxygen atoms in total. The molecule has 1 aromatic heterocycles. The van der Waals surface area contributed by atoms with Crippen molar-refractivity contribution in [1.82, 2.24) is 9.97 Å². The van der Waals surface area contributed by atoms with E-state index in [9.17, 15) is 4.79 Å². The highest BCUT2D eigenvalue weighted by atomic mass is 79.9. The molecule has 2 fully saturated rings. The summed E-state index contributed by atoms with van der Waals surface area (Å²) in [6.45, 7) is 0. The number of hydrogen-bond acceptors (Lipinski definition) is 1. The molecule has 2 aliphatic carbocycles. The van der Waals surface area contributed by atoms with Gasteiger partial charge in [-0.05, 0) is 61.1 Å². The summed E-state index contributed by atoms with van der Waals surface area (Å²) in [4.78, 5) is 17.0. The zero-order chi connectivity index (χ0) is 14.6. The number of benzene rings is 1. The van der Waals surface area contributed by atoms with Crippen molar-refractivity contribution in [2.24, 2.45) is 17.8 Å². The van der Waals surface area contributed by atoms with Crippen molar-refractivity contribution in [3.05, 3.63) is 32.7 Å². The van der Waals surface area contributed by atoms with Gasteiger partial charge < -0.3 is 9.97 Å². The number of H-pyrrole nitrogens is 2. The van der Waals surface area contributed by atoms with E-state index < -0.39 is 0 Å². The zero-order valence-electron chi connectivity index (χ0n) is 11.7. The van der Waals surface area contributed by atoms with Gasteiger partial charge in [0.1, 0.15) is 0 Å². The van der Waals surface area contributed by atoms with Gasteiger partial charge in [0.15, 0.2) is 0 Å². The zero-order valence-corrected chi connectivity index (χ0v) is 14.0. The maximum Gasteiger partial charge on any atom is 0.323 e. The SMILES string of the molecule is O=c1[nH]c2cc(Br)c(C(Cl)CC3CC4CCC3C4)cc2[nH]1. The van der Waals surface area contributed by atoms with Crippen LogP contribution in [0.2, 0.25) is 0 Å². The fourth-order valence-electron chi connectivity index (χ4n) is 4.37. The lowest BCUT2D eigenvalue weighted by atomic mass is 9.84. The maximum absolute atomic E-state index is 11.4. The van der Waals surface area contributed by atoms with Crippen LogP contribution in [0.1, 0.15) is 43.0 Å². The van der Waals surface area contributed by atoms with E-state index in [1.807, 2.05) is 12.1 Å². The number of nitrogens with one attached hydrogen (secondary N) is 2. The molecule has 112 valence electrons. The Hall–Kier alpha value is -0.740. The van der Waals surface area contributed by atoms with Crippen LogP contribution in [0.15, 0.2) is 21.4 Å². The summed E-state index contributed by atoms with van der Waals surface area (Å²) in [5.74, 6) is 2.63. The highest BCUT2D eigenvalue weighted by Gasteiger charge is 2.40. The molecule has 1 aromatic carbocycles. The molecular weight excluding hydrogens is 352 g/mol. The number of halogens is 2. The van der Waals surface area contributed by atoms with E-state index in [0.717, 1.165) is 45.2 Å². The molecule has 0 spiro atoms. The molecule has 5 heteroatoms. The molecule has 0 saturated heterocycles. The van der Waals surface area contributed by atoms with Crippen LogP contribution < -0.4 is 5.69 Å². The van der Waals surface area contributed by atoms with E-state index in [-0.39, 0.29) is 11.1 Å². The molecule has 0 radical (unpaired) electrons. The quantitative estimate of drug-likeness (QED) is 0.755. The predicted octanol–water partition coefficient (Wildman–Crippen LogP) is 4.72. The lowest BCUT2D eigenvalue weighted by Crippen LogP contribution is -2.12. The van der Waals surface area contributed by atoms with E-state index >= 15 is 0 Å². The van der Waals surface area contributed by atoms with E-state index in [0.29, 0.717) is 0 Å². The number of aromatic amines is 2. The minimum absolute atomic E-state index is 0.00604. The summed E-state index contributed by atoms with van der Waals surface area (Å²) >= 11 is 10.3. The number of alkyl halides is 1. The molecule has 2 saturated carbocycles. The summed E-state index contributed by atoms with van der Waals surface area (Å²) in [5, 5.41) is 0.00604. The van der Waals surface area contributed by atoms with Gasteiger partial charge in [-0.25, -0.2) is 4.79 Å². The number of hydrogen-bond donors (Lipinski definition) is 2. The third kappa shape index (κ3) is 2.46. The van der Waals surface area contributed by atoms with Crippen LogP contribution in [0.4, 0.5) is 0 Å². The average Bonchev–Trinajstić information content (AvgIpc) is 3.11. The van der Waals surface area contributed by atoms with Crippen LogP contribution in [0, 0.1) is 17.8 Å². The highest BCUT2D eigenvalue weighted by molar-refractivity contribution is 9.10. The molecular formula is C16H18BrClN2O.